The van der Waals surface area contributed by atoms with Gasteiger partial charge in [-0.05, 0) is 62.4 Å². The maximum atomic E-state index is 13.2. The highest BCUT2D eigenvalue weighted by Gasteiger charge is 2.34. The van der Waals surface area contributed by atoms with E-state index < -0.39 is 19.1 Å². The predicted octanol–water partition coefficient (Wildman–Crippen LogP) is 7.68. The molecule has 242 valence electrons. The largest absolute Gasteiger partial charge is 0.673 e. The number of Topliss-reactive ketones (excluding diaryl/α,β-unsaturated/α-hetero) is 1. The fraction of sp³-hybridized carbons (Fsp3) is 0.382. The molecule has 0 amide bonds. The Bertz CT molecular complexity index is 1650. The summed E-state index contributed by atoms with van der Waals surface area (Å²) in [4.78, 5) is 28.1. The maximum absolute atomic E-state index is 13.2. The molecule has 1 unspecified atom stereocenters. The van der Waals surface area contributed by atoms with Gasteiger partial charge < -0.3 is 31.3 Å². The van der Waals surface area contributed by atoms with Crippen molar-refractivity contribution < 1.29 is 36.0 Å². The van der Waals surface area contributed by atoms with Gasteiger partial charge in [-0.3, -0.25) is 9.59 Å². The fourth-order valence-corrected chi connectivity index (χ4v) is 5.03. The summed E-state index contributed by atoms with van der Waals surface area (Å²) in [5.41, 5.74) is 5.20. The summed E-state index contributed by atoms with van der Waals surface area (Å²) in [5, 5.41) is 1.000. The van der Waals surface area contributed by atoms with Crippen LogP contribution in [0.4, 0.5) is 23.0 Å². The van der Waals surface area contributed by atoms with Crippen LogP contribution in [0, 0.1) is 5.92 Å². The molecule has 0 saturated heterocycles. The van der Waals surface area contributed by atoms with Crippen molar-refractivity contribution >= 4 is 41.7 Å². The molecule has 3 aromatic rings. The van der Waals surface area contributed by atoms with Crippen molar-refractivity contribution in [3.63, 3.8) is 0 Å². The molecule has 6 nitrogen and oxygen atoms in total. The van der Waals surface area contributed by atoms with E-state index in [4.69, 9.17) is 9.15 Å². The molecule has 1 aromatic heterocycles. The summed E-state index contributed by atoms with van der Waals surface area (Å²) in [7, 11) is -6.00. The van der Waals surface area contributed by atoms with E-state index in [1.165, 1.54) is 5.56 Å². The van der Waals surface area contributed by atoms with Crippen LogP contribution < -0.4 is 19.8 Å². The number of allylic oxidation sites excluding steroid dienone is 2. The lowest BCUT2D eigenvalue weighted by Gasteiger charge is -2.25. The average Bonchev–Trinajstić information content (AvgIpc) is 2.96. The van der Waals surface area contributed by atoms with Crippen molar-refractivity contribution in [1.29, 1.82) is 0 Å². The molecule has 0 N–H and O–H groups in total. The highest BCUT2D eigenvalue weighted by molar-refractivity contribution is 6.50. The van der Waals surface area contributed by atoms with Gasteiger partial charge in [-0.1, -0.05) is 57.2 Å². The van der Waals surface area contributed by atoms with Gasteiger partial charge >= 0.3 is 18.8 Å². The molecule has 2 heterocycles. The molecule has 4 rings (SSSR count). The lowest BCUT2D eigenvalue weighted by atomic mass is 9.86. The number of anilines is 1. The number of ether oxygens (including phenoxy) is 1. The van der Waals surface area contributed by atoms with Crippen LogP contribution in [-0.2, 0) is 10.2 Å². The molecule has 1 aliphatic heterocycles. The van der Waals surface area contributed by atoms with Crippen molar-refractivity contribution in [2.24, 2.45) is 5.92 Å². The second-order valence-corrected chi connectivity index (χ2v) is 11.5. The molecular formula is C34H41BF4N2O4. The van der Waals surface area contributed by atoms with Gasteiger partial charge in [0, 0.05) is 30.2 Å². The minimum Gasteiger partial charge on any atom is -0.425 e. The van der Waals surface area contributed by atoms with Gasteiger partial charge in [0.25, 0.3) is 0 Å². The summed E-state index contributed by atoms with van der Waals surface area (Å²) in [6, 6.07) is 13.8. The van der Waals surface area contributed by atoms with Crippen molar-refractivity contribution in [3.05, 3.63) is 82.9 Å². The Morgan fingerprint density at radius 1 is 0.911 bits per heavy atom. The summed E-state index contributed by atoms with van der Waals surface area (Å²) in [6.07, 6.45) is 7.20. The number of carbonyl (C=O) groups is 2. The quantitative estimate of drug-likeness (QED) is 0.0487. The molecule has 2 aromatic carbocycles. The van der Waals surface area contributed by atoms with Crippen molar-refractivity contribution in [1.82, 2.24) is 4.58 Å². The molecule has 0 spiro atoms. The number of fused-ring (bicyclic) bond motifs is 2. The Labute approximate surface area is 261 Å². The van der Waals surface area contributed by atoms with Crippen LogP contribution in [-0.4, -0.2) is 45.2 Å². The smallest absolute Gasteiger partial charge is 0.425 e. The highest BCUT2D eigenvalue weighted by Crippen LogP contribution is 2.33. The van der Waals surface area contributed by atoms with E-state index in [9.17, 15) is 26.9 Å². The summed E-state index contributed by atoms with van der Waals surface area (Å²) < 4.78 is 53.1. The monoisotopic (exact) mass is 628 g/mol. The molecule has 11 heteroatoms. The second kappa shape index (κ2) is 14.8. The van der Waals surface area contributed by atoms with Crippen LogP contribution in [0.25, 0.3) is 17.0 Å². The molecule has 1 aliphatic rings. The summed E-state index contributed by atoms with van der Waals surface area (Å²) in [5.74, 6) is -1.44. The first kappa shape index (κ1) is 35.3. The molecule has 0 aliphatic carbocycles. The molecule has 45 heavy (non-hydrogen) atoms. The minimum atomic E-state index is -6.00. The van der Waals surface area contributed by atoms with Crippen LogP contribution in [0.1, 0.15) is 70.0 Å². The zero-order valence-electron chi connectivity index (χ0n) is 26.9. The van der Waals surface area contributed by atoms with E-state index in [2.05, 4.69) is 76.1 Å². The molecule has 0 radical (unpaired) electrons. The zero-order chi connectivity index (χ0) is 33.5. The van der Waals surface area contributed by atoms with Crippen molar-refractivity contribution in [3.8, 4) is 5.75 Å². The first-order chi connectivity index (χ1) is 21.1. The van der Waals surface area contributed by atoms with Crippen LogP contribution in [0.15, 0.2) is 65.1 Å². The number of rotatable bonds is 8. The third kappa shape index (κ3) is 9.18. The van der Waals surface area contributed by atoms with Gasteiger partial charge in [0.1, 0.15) is 30.3 Å². The summed E-state index contributed by atoms with van der Waals surface area (Å²) >= 11 is 0. The number of esters is 1. The Kier molecular flexibility index (Phi) is 11.6. The Hall–Kier alpha value is -4.15. The van der Waals surface area contributed by atoms with Gasteiger partial charge in [0.15, 0.2) is 5.78 Å². The van der Waals surface area contributed by atoms with Crippen molar-refractivity contribution in [2.45, 2.75) is 53.9 Å². The normalized spacial score (nSPS) is 15.2. The molecule has 0 fully saturated rings. The second-order valence-electron chi connectivity index (χ2n) is 11.5. The predicted molar refractivity (Wildman–Crippen MR) is 173 cm³/mol. The minimum absolute atomic E-state index is 0.000365. The first-order valence-corrected chi connectivity index (χ1v) is 15.1. The summed E-state index contributed by atoms with van der Waals surface area (Å²) in [6.45, 7) is 18.2. The van der Waals surface area contributed by atoms with E-state index in [1.54, 1.807) is 24.3 Å². The Balaban J connectivity index is 0.00000102. The zero-order valence-corrected chi connectivity index (χ0v) is 26.9. The van der Waals surface area contributed by atoms with Gasteiger partial charge in [-0.25, -0.2) is 0 Å². The fourth-order valence-electron chi connectivity index (χ4n) is 5.03. The number of hydrogen-bond donors (Lipinski definition) is 0. The van der Waals surface area contributed by atoms with Gasteiger partial charge in [-0.2, -0.15) is 4.58 Å². The maximum Gasteiger partial charge on any atom is 0.673 e. The third-order valence-corrected chi connectivity index (χ3v) is 7.52. The van der Waals surface area contributed by atoms with Crippen molar-refractivity contribution in [2.75, 3.05) is 31.1 Å². The van der Waals surface area contributed by atoms with Gasteiger partial charge in [-0.15, -0.1) is 0 Å². The third-order valence-electron chi connectivity index (χ3n) is 7.52. The standard InChI is InChI=1S/C34H41N2O4.BF4/c1-8-35(9-2)25-17-19-27-30(22-25)40-33(38)28(32(27)37)15-13-12-14-23-20-31(36(10-3)11-4)39-29-21-24(34(5,6)7)16-18-26(23)29;2-1(3,4)5/h12-22,28H,8-11H2,1-7H3;/q+1;-1/b14-12+,15-13+;. The van der Waals surface area contributed by atoms with Gasteiger partial charge in [0.05, 0.1) is 11.6 Å². The number of benzene rings is 2. The molecule has 0 bridgehead atoms. The van der Waals surface area contributed by atoms with Gasteiger partial charge in [0.2, 0.25) is 0 Å². The highest BCUT2D eigenvalue weighted by atomic mass is 19.5. The SMILES string of the molecule is CCN(CC)c1ccc2c(c1)OC(=O)C(/C=C/C=C/c1cc(=[N+](CC)CC)oc3cc(C(C)(C)C)ccc13)C2=O.F[B-](F)(F)F. The molecule has 1 atom stereocenters. The Morgan fingerprint density at radius 3 is 2.13 bits per heavy atom. The first-order valence-electron chi connectivity index (χ1n) is 15.1. The average molecular weight is 629 g/mol. The van der Waals surface area contributed by atoms with Crippen LogP contribution in [0.2, 0.25) is 0 Å². The number of hydrogen-bond acceptors (Lipinski definition) is 5. The number of carbonyl (C=O) groups excluding carboxylic acids is 2. The number of ketones is 1. The lowest BCUT2D eigenvalue weighted by Crippen LogP contribution is -2.32. The number of halogens is 4. The van der Waals surface area contributed by atoms with E-state index in [1.807, 2.05) is 24.3 Å². The topological polar surface area (TPSA) is 62.8 Å². The lowest BCUT2D eigenvalue weighted by molar-refractivity contribution is -0.136. The van der Waals surface area contributed by atoms with E-state index >= 15 is 0 Å². The number of nitrogens with zero attached hydrogens (tertiary/aromatic N) is 2. The van der Waals surface area contributed by atoms with Crippen LogP contribution in [0.3, 0.4) is 0 Å². The molecule has 0 saturated carbocycles. The Morgan fingerprint density at radius 2 is 1.56 bits per heavy atom. The van der Waals surface area contributed by atoms with E-state index in [0.717, 1.165) is 54.0 Å². The molecular weight excluding hydrogens is 587 g/mol. The van der Waals surface area contributed by atoms with E-state index in [0.29, 0.717) is 11.3 Å². The van der Waals surface area contributed by atoms with Crippen LogP contribution in [0.5, 0.6) is 5.75 Å². The van der Waals surface area contributed by atoms with E-state index in [-0.39, 0.29) is 11.2 Å². The van der Waals surface area contributed by atoms with Crippen LogP contribution >= 0.6 is 0 Å².